The lowest BCUT2D eigenvalue weighted by Crippen LogP contribution is -2.01. The van der Waals surface area contributed by atoms with Crippen LogP contribution in [0.1, 0.15) is 11.1 Å². The Morgan fingerprint density at radius 3 is 1.58 bits per heavy atom. The molecule has 7 nitrogen and oxygen atoms in total. The number of nitrogens with zero attached hydrogens (tertiary/aromatic N) is 7. The highest BCUT2D eigenvalue weighted by Crippen LogP contribution is 2.42. The number of aromatic nitrogens is 5. The Kier molecular flexibility index (Phi) is 6.79. The number of rotatable bonds is 5. The third-order valence-corrected chi connectivity index (χ3v) is 10.1. The molecular weight excluding hydrogens is 651 g/mol. The van der Waals surface area contributed by atoms with E-state index in [9.17, 15) is 10.5 Å². The van der Waals surface area contributed by atoms with Crippen LogP contribution in [0.25, 0.3) is 83.2 Å². The third kappa shape index (κ3) is 4.66. The molecule has 246 valence electrons. The highest BCUT2D eigenvalue weighted by molar-refractivity contribution is 6.14. The van der Waals surface area contributed by atoms with E-state index in [2.05, 4.69) is 137 Å². The van der Waals surface area contributed by atoms with Gasteiger partial charge in [-0.2, -0.15) is 10.5 Å². The van der Waals surface area contributed by atoms with Crippen molar-refractivity contribution in [1.82, 2.24) is 24.1 Å². The molecule has 0 N–H and O–H groups in total. The van der Waals surface area contributed by atoms with E-state index in [1.807, 2.05) is 41.1 Å². The van der Waals surface area contributed by atoms with Gasteiger partial charge in [0, 0.05) is 44.0 Å². The van der Waals surface area contributed by atoms with Crippen molar-refractivity contribution in [1.29, 1.82) is 10.5 Å². The van der Waals surface area contributed by atoms with E-state index in [0.717, 1.165) is 66.7 Å². The number of benzene rings is 7. The van der Waals surface area contributed by atoms with Crippen LogP contribution < -0.4 is 0 Å². The van der Waals surface area contributed by atoms with Crippen LogP contribution in [0.5, 0.6) is 0 Å². The van der Waals surface area contributed by atoms with Crippen molar-refractivity contribution in [2.75, 3.05) is 0 Å². The molecule has 0 radical (unpaired) electrons. The normalized spacial score (nSPS) is 11.4. The Labute approximate surface area is 304 Å². The first-order valence-corrected chi connectivity index (χ1v) is 17.3. The summed E-state index contributed by atoms with van der Waals surface area (Å²) in [4.78, 5) is 0. The van der Waals surface area contributed by atoms with Gasteiger partial charge in [0.1, 0.15) is 11.4 Å². The maximum atomic E-state index is 9.57. The van der Waals surface area contributed by atoms with Gasteiger partial charge in [0.05, 0.1) is 51.0 Å². The minimum Gasteiger partial charge on any atom is -0.309 e. The van der Waals surface area contributed by atoms with Crippen LogP contribution >= 0.6 is 0 Å². The third-order valence-electron chi connectivity index (χ3n) is 10.1. The SMILES string of the molecule is N#Cc1ccc(-c2c(-c3cccc4c5ccccc5n(-c5cccc(-n6c7ccccc7c7ccccc76)c5)c34)nnn2-c2ccc(C#N)cc2)cc1. The lowest BCUT2D eigenvalue weighted by Gasteiger charge is -2.15. The van der Waals surface area contributed by atoms with Crippen LogP contribution in [-0.4, -0.2) is 24.1 Å². The molecule has 53 heavy (non-hydrogen) atoms. The van der Waals surface area contributed by atoms with Crippen molar-refractivity contribution in [2.24, 2.45) is 0 Å². The molecule has 3 heterocycles. The van der Waals surface area contributed by atoms with Crippen molar-refractivity contribution in [3.63, 3.8) is 0 Å². The smallest absolute Gasteiger partial charge is 0.123 e. The molecule has 7 heteroatoms. The van der Waals surface area contributed by atoms with Crippen molar-refractivity contribution < 1.29 is 0 Å². The average molecular weight is 678 g/mol. The number of hydrogen-bond donors (Lipinski definition) is 0. The monoisotopic (exact) mass is 677 g/mol. The second kappa shape index (κ2) is 11.9. The largest absolute Gasteiger partial charge is 0.309 e. The summed E-state index contributed by atoms with van der Waals surface area (Å²) in [5.41, 5.74) is 11.6. The van der Waals surface area contributed by atoms with Crippen LogP contribution in [0.15, 0.2) is 164 Å². The first kappa shape index (κ1) is 30.1. The minimum atomic E-state index is 0.562. The molecular formula is C46H27N7. The molecule has 10 rings (SSSR count). The van der Waals surface area contributed by atoms with E-state index < -0.39 is 0 Å². The molecule has 0 bridgehead atoms. The highest BCUT2D eigenvalue weighted by Gasteiger charge is 2.24. The summed E-state index contributed by atoms with van der Waals surface area (Å²) in [6.45, 7) is 0. The fourth-order valence-electron chi connectivity index (χ4n) is 7.73. The zero-order valence-electron chi connectivity index (χ0n) is 28.2. The van der Waals surface area contributed by atoms with E-state index in [1.165, 1.54) is 10.8 Å². The standard InChI is InChI=1S/C46H27N7/c47-28-30-19-23-32(24-20-30)45-44(49-50-53(45)33-25-21-31(29-48)22-26-33)40-15-8-14-39-38-13-3-6-18-43(38)52(46(39)40)35-10-7-9-34(27-35)51-41-16-4-1-11-36(41)37-12-2-5-17-42(37)51/h1-27H. The predicted molar refractivity (Wildman–Crippen MR) is 210 cm³/mol. The topological polar surface area (TPSA) is 88.2 Å². The van der Waals surface area contributed by atoms with Crippen LogP contribution in [0, 0.1) is 22.7 Å². The molecule has 0 saturated carbocycles. The quantitative estimate of drug-likeness (QED) is 0.181. The summed E-state index contributed by atoms with van der Waals surface area (Å²) in [6, 6.07) is 59.9. The summed E-state index contributed by atoms with van der Waals surface area (Å²) in [5, 5.41) is 33.3. The molecule has 0 atom stereocenters. The Hall–Kier alpha value is -7.74. The van der Waals surface area contributed by atoms with Gasteiger partial charge in [-0.15, -0.1) is 5.10 Å². The van der Waals surface area contributed by atoms with Gasteiger partial charge in [0.2, 0.25) is 0 Å². The molecule has 0 aliphatic carbocycles. The van der Waals surface area contributed by atoms with Crippen LogP contribution in [0.3, 0.4) is 0 Å². The van der Waals surface area contributed by atoms with Crippen molar-refractivity contribution in [3.8, 4) is 51.7 Å². The molecule has 0 saturated heterocycles. The Balaban J connectivity index is 1.25. The molecule has 10 aromatic rings. The number of hydrogen-bond acceptors (Lipinski definition) is 4. The molecule has 7 aromatic carbocycles. The molecule has 0 aliphatic heterocycles. The van der Waals surface area contributed by atoms with Gasteiger partial charge in [-0.05, 0) is 72.8 Å². The van der Waals surface area contributed by atoms with E-state index in [-0.39, 0.29) is 0 Å². The van der Waals surface area contributed by atoms with Crippen molar-refractivity contribution >= 4 is 43.6 Å². The van der Waals surface area contributed by atoms with E-state index in [4.69, 9.17) is 10.3 Å². The van der Waals surface area contributed by atoms with E-state index in [0.29, 0.717) is 16.8 Å². The summed E-state index contributed by atoms with van der Waals surface area (Å²) < 4.78 is 6.49. The lowest BCUT2D eigenvalue weighted by molar-refractivity contribution is 0.808. The van der Waals surface area contributed by atoms with E-state index in [1.54, 1.807) is 12.1 Å². The second-order valence-electron chi connectivity index (χ2n) is 13.0. The minimum absolute atomic E-state index is 0.562. The zero-order valence-corrected chi connectivity index (χ0v) is 28.2. The predicted octanol–water partition coefficient (Wildman–Crippen LogP) is 10.5. The van der Waals surface area contributed by atoms with Crippen molar-refractivity contribution in [3.05, 3.63) is 175 Å². The highest BCUT2D eigenvalue weighted by atomic mass is 15.4. The summed E-state index contributed by atoms with van der Waals surface area (Å²) in [5.74, 6) is 0. The lowest BCUT2D eigenvalue weighted by atomic mass is 10.0. The zero-order chi connectivity index (χ0) is 35.5. The first-order valence-electron chi connectivity index (χ1n) is 17.3. The van der Waals surface area contributed by atoms with Gasteiger partial charge in [0.15, 0.2) is 0 Å². The van der Waals surface area contributed by atoms with Gasteiger partial charge in [-0.3, -0.25) is 0 Å². The summed E-state index contributed by atoms with van der Waals surface area (Å²) >= 11 is 0. The molecule has 3 aromatic heterocycles. The van der Waals surface area contributed by atoms with Crippen molar-refractivity contribution in [2.45, 2.75) is 0 Å². The first-order chi connectivity index (χ1) is 26.2. The van der Waals surface area contributed by atoms with Gasteiger partial charge in [0.25, 0.3) is 0 Å². The number of fused-ring (bicyclic) bond motifs is 6. The molecule has 0 fully saturated rings. The van der Waals surface area contributed by atoms with E-state index >= 15 is 0 Å². The molecule has 0 amide bonds. The molecule has 0 unspecified atom stereocenters. The molecule has 0 aliphatic rings. The Morgan fingerprint density at radius 2 is 0.962 bits per heavy atom. The van der Waals surface area contributed by atoms with Crippen LogP contribution in [0.2, 0.25) is 0 Å². The number of nitriles is 2. The maximum Gasteiger partial charge on any atom is 0.123 e. The Morgan fingerprint density at radius 1 is 0.453 bits per heavy atom. The maximum absolute atomic E-state index is 9.57. The Bertz CT molecular complexity index is 3070. The number of para-hydroxylation sites is 4. The fourth-order valence-corrected chi connectivity index (χ4v) is 7.73. The fraction of sp³-hybridized carbons (Fsp3) is 0. The second-order valence-corrected chi connectivity index (χ2v) is 13.0. The average Bonchev–Trinajstić information content (AvgIpc) is 3.92. The van der Waals surface area contributed by atoms with Crippen LogP contribution in [-0.2, 0) is 0 Å². The summed E-state index contributed by atoms with van der Waals surface area (Å²) in [6.07, 6.45) is 0. The van der Waals surface area contributed by atoms with Gasteiger partial charge in [-0.1, -0.05) is 96.2 Å². The van der Waals surface area contributed by atoms with Gasteiger partial charge >= 0.3 is 0 Å². The summed E-state index contributed by atoms with van der Waals surface area (Å²) in [7, 11) is 0. The van der Waals surface area contributed by atoms with Gasteiger partial charge in [-0.25, -0.2) is 4.68 Å². The van der Waals surface area contributed by atoms with Gasteiger partial charge < -0.3 is 9.13 Å². The molecule has 0 spiro atoms. The van der Waals surface area contributed by atoms with Crippen LogP contribution in [0.4, 0.5) is 0 Å².